The van der Waals surface area contributed by atoms with Crippen molar-refractivity contribution in [1.29, 1.82) is 0 Å². The summed E-state index contributed by atoms with van der Waals surface area (Å²) in [6.45, 7) is 10.3. The van der Waals surface area contributed by atoms with Gasteiger partial charge in [0.25, 0.3) is 0 Å². The second kappa shape index (κ2) is 9.69. The summed E-state index contributed by atoms with van der Waals surface area (Å²) < 4.78 is 33.6. The van der Waals surface area contributed by atoms with Gasteiger partial charge >= 0.3 is 11.8 Å². The van der Waals surface area contributed by atoms with Crippen molar-refractivity contribution in [2.24, 2.45) is 5.92 Å². The first-order valence-electron chi connectivity index (χ1n) is 9.81. The van der Waals surface area contributed by atoms with Crippen molar-refractivity contribution in [2.45, 2.75) is 52.2 Å². The summed E-state index contributed by atoms with van der Waals surface area (Å²) in [5.74, 6) is -1.33. The van der Waals surface area contributed by atoms with Gasteiger partial charge in [-0.05, 0) is 44.2 Å². The first kappa shape index (κ1) is 23.3. The van der Waals surface area contributed by atoms with E-state index < -0.39 is 28.1 Å². The Bertz CT molecular complexity index is 844. The third kappa shape index (κ3) is 5.77. The molecule has 29 heavy (non-hydrogen) atoms. The standard InChI is InChI=1S/C20H31N3O5S/c1-13(2)11-21-19(24)20(25)22-12-17-23(7-6-8-28-17)29(26,27)18-15(4)9-14(3)10-16(18)5/h9-10,13,17H,6-8,11-12H2,1-5H3,(H,21,24)(H,22,25)/t17-/m0/s1. The SMILES string of the molecule is Cc1cc(C)c(S(=O)(=O)N2CCCO[C@H]2CNC(=O)C(=O)NCC(C)C)c(C)c1. The van der Waals surface area contributed by atoms with Crippen LogP contribution in [-0.4, -0.2) is 57.0 Å². The number of amides is 2. The highest BCUT2D eigenvalue weighted by Gasteiger charge is 2.36. The Morgan fingerprint density at radius 3 is 2.31 bits per heavy atom. The summed E-state index contributed by atoms with van der Waals surface area (Å²) in [5.41, 5.74) is 2.33. The molecule has 1 fully saturated rings. The molecule has 2 amide bonds. The van der Waals surface area contributed by atoms with Crippen LogP contribution in [0.15, 0.2) is 17.0 Å². The topological polar surface area (TPSA) is 105 Å². The van der Waals surface area contributed by atoms with Gasteiger partial charge in [0.05, 0.1) is 18.0 Å². The van der Waals surface area contributed by atoms with E-state index in [1.807, 2.05) is 32.9 Å². The number of ether oxygens (including phenoxy) is 1. The number of rotatable bonds is 6. The van der Waals surface area contributed by atoms with E-state index in [1.165, 1.54) is 4.31 Å². The van der Waals surface area contributed by atoms with E-state index in [0.717, 1.165) is 5.56 Å². The summed E-state index contributed by atoms with van der Waals surface area (Å²) in [6, 6.07) is 3.67. The Morgan fingerprint density at radius 1 is 1.14 bits per heavy atom. The Labute approximate surface area is 173 Å². The molecule has 2 rings (SSSR count). The lowest BCUT2D eigenvalue weighted by Crippen LogP contribution is -2.53. The van der Waals surface area contributed by atoms with Crippen LogP contribution in [0.1, 0.15) is 37.0 Å². The fourth-order valence-electron chi connectivity index (χ4n) is 3.43. The lowest BCUT2D eigenvalue weighted by atomic mass is 10.1. The molecule has 0 spiro atoms. The van der Waals surface area contributed by atoms with Crippen molar-refractivity contribution in [2.75, 3.05) is 26.2 Å². The molecule has 2 N–H and O–H groups in total. The molecule has 1 heterocycles. The molecular formula is C20H31N3O5S. The van der Waals surface area contributed by atoms with Gasteiger partial charge in [0, 0.05) is 13.1 Å². The molecule has 162 valence electrons. The summed E-state index contributed by atoms with van der Waals surface area (Å²) in [4.78, 5) is 24.1. The lowest BCUT2D eigenvalue weighted by Gasteiger charge is -2.35. The van der Waals surface area contributed by atoms with Crippen molar-refractivity contribution in [3.63, 3.8) is 0 Å². The summed E-state index contributed by atoms with van der Waals surface area (Å²) in [5, 5.41) is 5.02. The quantitative estimate of drug-likeness (QED) is 0.667. The van der Waals surface area contributed by atoms with E-state index in [4.69, 9.17) is 4.74 Å². The average Bonchev–Trinajstić information content (AvgIpc) is 2.63. The maximum atomic E-state index is 13.4. The number of nitrogens with zero attached hydrogens (tertiary/aromatic N) is 1. The predicted molar refractivity (Wildman–Crippen MR) is 110 cm³/mol. The van der Waals surface area contributed by atoms with Crippen LogP contribution in [0.5, 0.6) is 0 Å². The second-order valence-electron chi connectivity index (χ2n) is 7.84. The van der Waals surface area contributed by atoms with Gasteiger partial charge in [-0.15, -0.1) is 0 Å². The fraction of sp³-hybridized carbons (Fsp3) is 0.600. The summed E-state index contributed by atoms with van der Waals surface area (Å²) in [7, 11) is -3.82. The van der Waals surface area contributed by atoms with Crippen molar-refractivity contribution >= 4 is 21.8 Å². The smallest absolute Gasteiger partial charge is 0.309 e. The van der Waals surface area contributed by atoms with Crippen LogP contribution in [0.3, 0.4) is 0 Å². The minimum atomic E-state index is -3.82. The third-order valence-electron chi connectivity index (χ3n) is 4.64. The van der Waals surface area contributed by atoms with E-state index >= 15 is 0 Å². The van der Waals surface area contributed by atoms with E-state index in [1.54, 1.807) is 13.8 Å². The highest BCUT2D eigenvalue weighted by Crippen LogP contribution is 2.28. The maximum absolute atomic E-state index is 13.4. The number of carbonyl (C=O) groups excluding carboxylic acids is 2. The van der Waals surface area contributed by atoms with E-state index in [9.17, 15) is 18.0 Å². The lowest BCUT2D eigenvalue weighted by molar-refractivity contribution is -0.140. The third-order valence-corrected chi connectivity index (χ3v) is 6.83. The van der Waals surface area contributed by atoms with Gasteiger partial charge in [-0.25, -0.2) is 8.42 Å². The number of hydrogen-bond acceptors (Lipinski definition) is 5. The van der Waals surface area contributed by atoms with Gasteiger partial charge in [-0.3, -0.25) is 9.59 Å². The van der Waals surface area contributed by atoms with Gasteiger partial charge < -0.3 is 15.4 Å². The molecule has 1 atom stereocenters. The van der Waals surface area contributed by atoms with Crippen LogP contribution < -0.4 is 10.6 Å². The largest absolute Gasteiger partial charge is 0.360 e. The number of benzene rings is 1. The molecule has 1 aliphatic rings. The second-order valence-corrected chi connectivity index (χ2v) is 9.66. The first-order valence-corrected chi connectivity index (χ1v) is 11.3. The maximum Gasteiger partial charge on any atom is 0.309 e. The van der Waals surface area contributed by atoms with Crippen molar-refractivity contribution in [3.05, 3.63) is 28.8 Å². The molecule has 0 unspecified atom stereocenters. The molecule has 1 aromatic rings. The van der Waals surface area contributed by atoms with Gasteiger partial charge in [-0.2, -0.15) is 4.31 Å². The van der Waals surface area contributed by atoms with Gasteiger partial charge in [0.2, 0.25) is 10.0 Å². The number of nitrogens with one attached hydrogen (secondary N) is 2. The molecule has 1 saturated heterocycles. The van der Waals surface area contributed by atoms with Gasteiger partial charge in [0.15, 0.2) is 0 Å². The zero-order valence-electron chi connectivity index (χ0n) is 17.7. The minimum absolute atomic E-state index is 0.100. The molecule has 0 aliphatic carbocycles. The molecule has 0 radical (unpaired) electrons. The fourth-order valence-corrected chi connectivity index (χ4v) is 5.41. The molecular weight excluding hydrogens is 394 g/mol. The Balaban J connectivity index is 2.15. The van der Waals surface area contributed by atoms with Crippen LogP contribution in [0.25, 0.3) is 0 Å². The molecule has 0 saturated carbocycles. The molecule has 0 bridgehead atoms. The van der Waals surface area contributed by atoms with Crippen LogP contribution in [0.4, 0.5) is 0 Å². The van der Waals surface area contributed by atoms with Crippen LogP contribution >= 0.6 is 0 Å². The van der Waals surface area contributed by atoms with Gasteiger partial charge in [-0.1, -0.05) is 31.5 Å². The molecule has 1 aromatic carbocycles. The zero-order valence-corrected chi connectivity index (χ0v) is 18.6. The molecule has 1 aliphatic heterocycles. The number of hydrogen-bond donors (Lipinski definition) is 2. The first-order chi connectivity index (χ1) is 13.5. The van der Waals surface area contributed by atoms with Crippen molar-refractivity contribution in [1.82, 2.24) is 14.9 Å². The molecule has 8 nitrogen and oxygen atoms in total. The zero-order chi connectivity index (χ0) is 21.8. The predicted octanol–water partition coefficient (Wildman–Crippen LogP) is 1.24. The van der Waals surface area contributed by atoms with Crippen molar-refractivity contribution in [3.8, 4) is 0 Å². The number of aryl methyl sites for hydroxylation is 3. The number of carbonyl (C=O) groups is 2. The highest BCUT2D eigenvalue weighted by molar-refractivity contribution is 7.89. The summed E-state index contributed by atoms with van der Waals surface area (Å²) in [6.07, 6.45) is -0.307. The Morgan fingerprint density at radius 2 is 1.72 bits per heavy atom. The van der Waals surface area contributed by atoms with E-state index in [0.29, 0.717) is 30.7 Å². The normalized spacial score (nSPS) is 17.9. The van der Waals surface area contributed by atoms with Crippen LogP contribution in [0, 0.1) is 26.7 Å². The van der Waals surface area contributed by atoms with Gasteiger partial charge in [0.1, 0.15) is 6.23 Å². The Hall–Kier alpha value is -1.97. The van der Waals surface area contributed by atoms with E-state index in [-0.39, 0.29) is 23.9 Å². The summed E-state index contributed by atoms with van der Waals surface area (Å²) >= 11 is 0. The number of sulfonamides is 1. The van der Waals surface area contributed by atoms with E-state index in [2.05, 4.69) is 10.6 Å². The van der Waals surface area contributed by atoms with Crippen molar-refractivity contribution < 1.29 is 22.7 Å². The average molecular weight is 426 g/mol. The van der Waals surface area contributed by atoms with Crippen LogP contribution in [-0.2, 0) is 24.3 Å². The van der Waals surface area contributed by atoms with Crippen LogP contribution in [0.2, 0.25) is 0 Å². The Kier molecular flexibility index (Phi) is 7.79. The molecule has 0 aromatic heterocycles. The minimum Gasteiger partial charge on any atom is -0.360 e. The highest BCUT2D eigenvalue weighted by atomic mass is 32.2. The monoisotopic (exact) mass is 425 g/mol. The molecule has 9 heteroatoms.